The molecule has 0 saturated carbocycles. The zero-order valence-electron chi connectivity index (χ0n) is 28.6. The number of amides is 4. The molecule has 2 aliphatic rings. The van der Waals surface area contributed by atoms with Crippen molar-refractivity contribution in [2.45, 2.75) is 25.2 Å². The Balaban J connectivity index is 1.09. The number of hydrogen-bond acceptors (Lipinski definition) is 7. The molecule has 2 fully saturated rings. The Kier molecular flexibility index (Phi) is 10.7. The third-order valence-electron chi connectivity index (χ3n) is 9.26. The zero-order chi connectivity index (χ0) is 36.7. The number of carbonyl (C=O) groups is 5. The van der Waals surface area contributed by atoms with Crippen molar-refractivity contribution in [1.82, 2.24) is 15.5 Å². The van der Waals surface area contributed by atoms with Gasteiger partial charge in [0.2, 0.25) is 0 Å². The fraction of sp³-hybridized carbons (Fsp3) is 0.140. The fourth-order valence-electron chi connectivity index (χ4n) is 6.57. The minimum Gasteiger partial charge on any atom is -0.372 e. The van der Waals surface area contributed by atoms with Crippen LogP contribution in [0.4, 0.5) is 4.79 Å². The van der Waals surface area contributed by atoms with Gasteiger partial charge in [-0.25, -0.2) is 0 Å². The number of benzene rings is 5. The Morgan fingerprint density at radius 3 is 2.15 bits per heavy atom. The quantitative estimate of drug-likeness (QED) is 0.110. The third-order valence-corrected chi connectivity index (χ3v) is 10.1. The molecule has 10 heteroatoms. The molecule has 2 aliphatic heterocycles. The lowest BCUT2D eigenvalue weighted by molar-refractivity contribution is -0.115. The maximum atomic E-state index is 14.4. The molecule has 0 aliphatic carbocycles. The van der Waals surface area contributed by atoms with Gasteiger partial charge < -0.3 is 15.0 Å². The number of nitrogens with one attached hydrogen (secondary N) is 2. The normalized spacial score (nSPS) is 17.5. The van der Waals surface area contributed by atoms with E-state index in [4.69, 9.17) is 4.74 Å². The zero-order valence-corrected chi connectivity index (χ0v) is 29.4. The average molecular weight is 722 g/mol. The van der Waals surface area contributed by atoms with Gasteiger partial charge in [-0.3, -0.25) is 29.3 Å². The Bertz CT molecular complexity index is 2200. The van der Waals surface area contributed by atoms with Crippen molar-refractivity contribution in [2.24, 2.45) is 0 Å². The number of hydrogen-bond donors (Lipinski definition) is 2. The SMILES string of the molecule is O=C1NC(=O)/C(=C\c2ccc(C(=O)NC[C@@H]3C[C@@H](OCc4ccccc4-c4ccccc4)CN3C(=O)c3ccccc3C(=O)c3ccccc3)cc2)S1. The van der Waals surface area contributed by atoms with E-state index in [0.29, 0.717) is 35.3 Å². The molecule has 9 nitrogen and oxygen atoms in total. The van der Waals surface area contributed by atoms with Crippen molar-refractivity contribution in [3.8, 4) is 11.1 Å². The van der Waals surface area contributed by atoms with E-state index in [1.165, 1.54) is 0 Å². The average Bonchev–Trinajstić information content (AvgIpc) is 3.77. The highest BCUT2D eigenvalue weighted by molar-refractivity contribution is 8.18. The van der Waals surface area contributed by atoms with E-state index in [9.17, 15) is 24.0 Å². The first-order valence-corrected chi connectivity index (χ1v) is 18.0. The number of imide groups is 1. The highest BCUT2D eigenvalue weighted by Gasteiger charge is 2.37. The maximum Gasteiger partial charge on any atom is 0.290 e. The van der Waals surface area contributed by atoms with Crippen LogP contribution in [-0.2, 0) is 16.1 Å². The first kappa shape index (κ1) is 35.3. The highest BCUT2D eigenvalue weighted by atomic mass is 32.2. The molecule has 0 bridgehead atoms. The van der Waals surface area contributed by atoms with E-state index < -0.39 is 17.2 Å². The molecule has 2 saturated heterocycles. The summed E-state index contributed by atoms with van der Waals surface area (Å²) in [6.07, 6.45) is 1.73. The number of nitrogens with zero attached hydrogens (tertiary/aromatic N) is 1. The minimum atomic E-state index is -0.452. The Morgan fingerprint density at radius 1 is 0.774 bits per heavy atom. The van der Waals surface area contributed by atoms with Crippen LogP contribution >= 0.6 is 11.8 Å². The topological polar surface area (TPSA) is 122 Å². The lowest BCUT2D eigenvalue weighted by atomic mass is 9.97. The van der Waals surface area contributed by atoms with Gasteiger partial charge in [0.25, 0.3) is 23.0 Å². The largest absolute Gasteiger partial charge is 0.372 e. The van der Waals surface area contributed by atoms with E-state index in [0.717, 1.165) is 28.5 Å². The van der Waals surface area contributed by atoms with Gasteiger partial charge >= 0.3 is 0 Å². The molecule has 0 unspecified atom stereocenters. The molecule has 0 radical (unpaired) electrons. The molecule has 0 aromatic heterocycles. The van der Waals surface area contributed by atoms with Crippen molar-refractivity contribution in [1.29, 1.82) is 0 Å². The predicted molar refractivity (Wildman–Crippen MR) is 204 cm³/mol. The monoisotopic (exact) mass is 721 g/mol. The summed E-state index contributed by atoms with van der Waals surface area (Å²) in [6, 6.07) is 40.1. The lowest BCUT2D eigenvalue weighted by Crippen LogP contribution is -2.43. The van der Waals surface area contributed by atoms with Crippen molar-refractivity contribution in [2.75, 3.05) is 13.1 Å². The summed E-state index contributed by atoms with van der Waals surface area (Å²) in [5, 5.41) is 4.79. The Morgan fingerprint density at radius 2 is 1.43 bits per heavy atom. The smallest absolute Gasteiger partial charge is 0.290 e. The van der Waals surface area contributed by atoms with Crippen molar-refractivity contribution < 1.29 is 28.7 Å². The van der Waals surface area contributed by atoms with Crippen LogP contribution in [0.5, 0.6) is 0 Å². The van der Waals surface area contributed by atoms with Crippen LogP contribution < -0.4 is 10.6 Å². The van der Waals surface area contributed by atoms with Gasteiger partial charge in [0.1, 0.15) is 0 Å². The first-order valence-electron chi connectivity index (χ1n) is 17.2. The second-order valence-corrected chi connectivity index (χ2v) is 13.7. The van der Waals surface area contributed by atoms with Crippen molar-refractivity contribution in [3.05, 3.63) is 172 Å². The summed E-state index contributed by atoms with van der Waals surface area (Å²) in [5.74, 6) is -1.35. The molecular weight excluding hydrogens is 687 g/mol. The molecule has 2 atom stereocenters. The summed E-state index contributed by atoms with van der Waals surface area (Å²) >= 11 is 0.826. The number of ketones is 1. The molecule has 5 aromatic rings. The first-order chi connectivity index (χ1) is 25.8. The number of likely N-dealkylation sites (tertiary alicyclic amines) is 1. The van der Waals surface area contributed by atoms with Gasteiger partial charge in [-0.15, -0.1) is 0 Å². The van der Waals surface area contributed by atoms with Crippen molar-refractivity contribution >= 4 is 46.6 Å². The van der Waals surface area contributed by atoms with Crippen molar-refractivity contribution in [3.63, 3.8) is 0 Å². The molecule has 264 valence electrons. The molecular formula is C43H35N3O6S. The summed E-state index contributed by atoms with van der Waals surface area (Å²) < 4.78 is 6.49. The summed E-state index contributed by atoms with van der Waals surface area (Å²) in [6.45, 7) is 0.763. The number of thioether (sulfide) groups is 1. The maximum absolute atomic E-state index is 14.4. The molecule has 53 heavy (non-hydrogen) atoms. The second-order valence-electron chi connectivity index (χ2n) is 12.7. The van der Waals surface area contributed by atoms with Crippen LogP contribution in [0.1, 0.15) is 54.2 Å². The predicted octanol–water partition coefficient (Wildman–Crippen LogP) is 7.14. The summed E-state index contributed by atoms with van der Waals surface area (Å²) in [4.78, 5) is 66.7. The van der Waals surface area contributed by atoms with Crippen LogP contribution in [0.15, 0.2) is 138 Å². The molecule has 0 spiro atoms. The molecule has 2 heterocycles. The van der Waals surface area contributed by atoms with E-state index in [1.807, 2.05) is 42.5 Å². The van der Waals surface area contributed by atoms with E-state index in [-0.39, 0.29) is 47.3 Å². The Labute approximate surface area is 311 Å². The summed E-state index contributed by atoms with van der Waals surface area (Å²) in [7, 11) is 0. The van der Waals surface area contributed by atoms with Gasteiger partial charge in [-0.2, -0.15) is 0 Å². The third kappa shape index (κ3) is 8.19. The van der Waals surface area contributed by atoms with Gasteiger partial charge in [0.05, 0.1) is 29.2 Å². The van der Waals surface area contributed by atoms with Crippen LogP contribution in [-0.4, -0.2) is 58.9 Å². The van der Waals surface area contributed by atoms with Gasteiger partial charge in [0, 0.05) is 29.8 Å². The number of carbonyl (C=O) groups excluding carboxylic acids is 5. The number of rotatable bonds is 11. The molecule has 4 amide bonds. The standard InChI is InChI=1S/C43H35N3O6S/c47-39(30-13-5-2-6-14-30)36-17-9-10-18-37(36)42(50)46-26-34(52-27-32-15-7-8-16-35(32)29-11-3-1-4-12-29)24-33(46)25-44-40(48)31-21-19-28(20-22-31)23-38-41(49)45-43(51)53-38/h1-23,33-34H,24-27H2,(H,44,48)(H,45,49,51)/b38-23+/t33-,34+/m0/s1. The minimum absolute atomic E-state index is 0.157. The van der Waals surface area contributed by atoms with Crippen LogP contribution in [0.2, 0.25) is 0 Å². The van der Waals surface area contributed by atoms with Gasteiger partial charge in [-0.05, 0) is 64.7 Å². The van der Waals surface area contributed by atoms with Gasteiger partial charge in [0.15, 0.2) is 5.78 Å². The molecule has 7 rings (SSSR count). The Hall–Kier alpha value is -6.10. The van der Waals surface area contributed by atoms with E-state index in [2.05, 4.69) is 28.8 Å². The van der Waals surface area contributed by atoms with E-state index in [1.54, 1.807) is 83.8 Å². The lowest BCUT2D eigenvalue weighted by Gasteiger charge is -2.25. The van der Waals surface area contributed by atoms with Crippen LogP contribution in [0.25, 0.3) is 17.2 Å². The van der Waals surface area contributed by atoms with Gasteiger partial charge in [-0.1, -0.05) is 115 Å². The van der Waals surface area contributed by atoms with E-state index >= 15 is 0 Å². The summed E-state index contributed by atoms with van der Waals surface area (Å²) in [5.41, 5.74) is 5.30. The van der Waals surface area contributed by atoms with Crippen LogP contribution in [0, 0.1) is 0 Å². The molecule has 5 aromatic carbocycles. The fourth-order valence-corrected chi connectivity index (χ4v) is 7.26. The second kappa shape index (κ2) is 16.1. The molecule has 2 N–H and O–H groups in total. The van der Waals surface area contributed by atoms with Crippen LogP contribution in [0.3, 0.4) is 0 Å². The highest BCUT2D eigenvalue weighted by Crippen LogP contribution is 2.29. The number of ether oxygens (including phenoxy) is 1.